The molecule has 1 aliphatic heterocycles. The van der Waals surface area contributed by atoms with E-state index in [4.69, 9.17) is 20.7 Å². The number of aromatic amines is 1. The van der Waals surface area contributed by atoms with Crippen LogP contribution in [0.2, 0.25) is 0 Å². The molecule has 3 aliphatic rings. The summed E-state index contributed by atoms with van der Waals surface area (Å²) in [6.45, 7) is 1.16. The Morgan fingerprint density at radius 2 is 1.67 bits per heavy atom. The van der Waals surface area contributed by atoms with Gasteiger partial charge < -0.3 is 25.8 Å². The molecule has 5 heterocycles. The standard InChI is InChI=1S/C42H32F8N10O2S/c43-21-11-19(12-22(44)15-21)13-30(52-32(61)18-60-36-33(35(57-60)42(48,49)50)24-16-26(24)41(36,46)47)34-23(20-5-6-27(45)25(14-20)37(51)62)17-31-38(55-34)56-40(63-31)59-9-7-58(8-10-59)39-53-28-3-1-2-4-29(28)54-39/h1-6,11-12,14-15,17,24,26,30H,7-10,13,16,18H2,(H2,51,62)(H,52,61)(H,53,54)/t24-,26?,30-/m0/s1. The molecule has 21 heteroatoms. The van der Waals surface area contributed by atoms with Crippen LogP contribution in [0.25, 0.3) is 32.5 Å². The summed E-state index contributed by atoms with van der Waals surface area (Å²) in [5.41, 5.74) is 4.18. The lowest BCUT2D eigenvalue weighted by Crippen LogP contribution is -2.46. The van der Waals surface area contributed by atoms with Gasteiger partial charge in [0.05, 0.1) is 33.0 Å². The summed E-state index contributed by atoms with van der Waals surface area (Å²) in [6.07, 6.45) is -5.62. The second-order valence-electron chi connectivity index (χ2n) is 15.8. The average molecular weight is 893 g/mol. The number of imidazole rings is 1. The third kappa shape index (κ3) is 7.26. The number of fused-ring (bicyclic) bond motifs is 5. The Balaban J connectivity index is 1.03. The van der Waals surface area contributed by atoms with Gasteiger partial charge >= 0.3 is 6.18 Å². The summed E-state index contributed by atoms with van der Waals surface area (Å²) >= 11 is 1.27. The zero-order valence-corrected chi connectivity index (χ0v) is 33.3. The minimum Gasteiger partial charge on any atom is -0.366 e. The van der Waals surface area contributed by atoms with Crippen LogP contribution in [-0.2, 0) is 29.9 Å². The smallest absolute Gasteiger partial charge is 0.366 e. The minimum atomic E-state index is -5.08. The average Bonchev–Trinajstić information content (AvgIpc) is 3.47. The van der Waals surface area contributed by atoms with Crippen molar-refractivity contribution < 1.29 is 44.7 Å². The number of carbonyl (C=O) groups is 2. The summed E-state index contributed by atoms with van der Waals surface area (Å²) < 4.78 is 118. The molecule has 2 aliphatic carbocycles. The van der Waals surface area contributed by atoms with Gasteiger partial charge in [0.2, 0.25) is 11.9 Å². The first-order chi connectivity index (χ1) is 30.0. The number of piperazine rings is 1. The molecular weight excluding hydrogens is 861 g/mol. The second kappa shape index (κ2) is 14.7. The van der Waals surface area contributed by atoms with Crippen LogP contribution in [0.4, 0.5) is 46.2 Å². The topological polar surface area (TPSA) is 151 Å². The number of nitrogens with two attached hydrogens (primary N) is 1. The summed E-state index contributed by atoms with van der Waals surface area (Å²) in [5.74, 6) is -10.4. The summed E-state index contributed by atoms with van der Waals surface area (Å²) in [4.78, 5) is 48.1. The molecule has 1 saturated heterocycles. The second-order valence-corrected chi connectivity index (χ2v) is 16.8. The zero-order chi connectivity index (χ0) is 44.1. The van der Waals surface area contributed by atoms with Crippen LogP contribution in [0, 0.1) is 23.4 Å². The molecule has 1 unspecified atom stereocenters. The Labute approximate surface area is 354 Å². The Morgan fingerprint density at radius 3 is 2.38 bits per heavy atom. The number of pyridine rings is 1. The first kappa shape index (κ1) is 40.4. The first-order valence-corrected chi connectivity index (χ1v) is 20.5. The van der Waals surface area contributed by atoms with E-state index in [0.29, 0.717) is 46.8 Å². The number of hydrogen-bond donors (Lipinski definition) is 3. The van der Waals surface area contributed by atoms with Gasteiger partial charge in [0.15, 0.2) is 16.5 Å². The van der Waals surface area contributed by atoms with E-state index in [-0.39, 0.29) is 40.9 Å². The fourth-order valence-electron chi connectivity index (χ4n) is 8.73. The first-order valence-electron chi connectivity index (χ1n) is 19.7. The van der Waals surface area contributed by atoms with Crippen LogP contribution in [0.15, 0.2) is 66.7 Å². The predicted octanol–water partition coefficient (Wildman–Crippen LogP) is 7.60. The highest BCUT2D eigenvalue weighted by atomic mass is 32.1. The number of thiazole rings is 1. The molecule has 324 valence electrons. The lowest BCUT2D eigenvalue weighted by Gasteiger charge is -2.34. The maximum atomic E-state index is 15.4. The van der Waals surface area contributed by atoms with E-state index in [1.807, 2.05) is 29.2 Å². The van der Waals surface area contributed by atoms with Crippen molar-refractivity contribution >= 4 is 55.6 Å². The van der Waals surface area contributed by atoms with Gasteiger partial charge in [-0.3, -0.25) is 14.3 Å². The van der Waals surface area contributed by atoms with Crippen LogP contribution in [0.1, 0.15) is 56.9 Å². The van der Waals surface area contributed by atoms with E-state index in [1.165, 1.54) is 23.5 Å². The van der Waals surface area contributed by atoms with Crippen LogP contribution >= 0.6 is 11.3 Å². The number of nitrogens with zero attached hydrogens (tertiary/aromatic N) is 7. The van der Waals surface area contributed by atoms with Gasteiger partial charge in [0.25, 0.3) is 11.8 Å². The Bertz CT molecular complexity index is 2940. The Morgan fingerprint density at radius 1 is 0.937 bits per heavy atom. The molecule has 2 amide bonds. The molecule has 0 bridgehead atoms. The van der Waals surface area contributed by atoms with Crippen molar-refractivity contribution in [2.45, 2.75) is 43.4 Å². The predicted molar refractivity (Wildman–Crippen MR) is 215 cm³/mol. The van der Waals surface area contributed by atoms with Crippen molar-refractivity contribution in [3.8, 4) is 11.1 Å². The van der Waals surface area contributed by atoms with E-state index in [2.05, 4.69) is 20.3 Å². The van der Waals surface area contributed by atoms with Gasteiger partial charge in [-0.2, -0.15) is 32.0 Å². The maximum Gasteiger partial charge on any atom is 0.435 e. The van der Waals surface area contributed by atoms with Crippen LogP contribution in [0.3, 0.4) is 0 Å². The number of nitrogens with one attached hydrogen (secondary N) is 2. The van der Waals surface area contributed by atoms with Gasteiger partial charge in [-0.1, -0.05) is 29.5 Å². The number of carbonyl (C=O) groups excluding carboxylic acids is 2. The summed E-state index contributed by atoms with van der Waals surface area (Å²) in [7, 11) is 0. The van der Waals surface area contributed by atoms with Gasteiger partial charge in [-0.15, -0.1) is 0 Å². The van der Waals surface area contributed by atoms with E-state index in [0.717, 1.165) is 35.2 Å². The SMILES string of the molecule is NC(=O)c1cc(-c2cc3sc(N4CCN(c5nc6ccccc6[nH]5)CC4)nc3nc2[C@H](Cc2cc(F)cc(F)c2)NC(=O)Cn2nc(C(F)(F)F)c3c2C(F)(F)C2C[C@H]32)ccc1F. The van der Waals surface area contributed by atoms with Crippen molar-refractivity contribution in [3.05, 3.63) is 118 Å². The highest BCUT2D eigenvalue weighted by molar-refractivity contribution is 7.22. The molecule has 1 saturated carbocycles. The lowest BCUT2D eigenvalue weighted by atomic mass is 9.94. The van der Waals surface area contributed by atoms with Crippen LogP contribution < -0.4 is 20.9 Å². The zero-order valence-electron chi connectivity index (χ0n) is 32.5. The van der Waals surface area contributed by atoms with E-state index in [9.17, 15) is 35.9 Å². The fraction of sp³-hybridized carbons (Fsp3) is 0.286. The molecule has 0 radical (unpaired) electrons. The molecule has 2 fully saturated rings. The number of H-pyrrole nitrogens is 1. The maximum absolute atomic E-state index is 15.4. The van der Waals surface area contributed by atoms with Gasteiger partial charge in [-0.25, -0.2) is 23.1 Å². The van der Waals surface area contributed by atoms with Crippen LogP contribution in [0.5, 0.6) is 0 Å². The van der Waals surface area contributed by atoms with Crippen LogP contribution in [-0.4, -0.2) is 67.7 Å². The molecule has 3 atom stereocenters. The number of primary amides is 1. The van der Waals surface area contributed by atoms with Crippen molar-refractivity contribution in [3.63, 3.8) is 0 Å². The molecule has 3 aromatic carbocycles. The monoisotopic (exact) mass is 892 g/mol. The summed E-state index contributed by atoms with van der Waals surface area (Å²) in [6, 6.07) is 14.0. The number of aromatic nitrogens is 6. The molecule has 4 N–H and O–H groups in total. The lowest BCUT2D eigenvalue weighted by molar-refractivity contribution is -0.142. The van der Waals surface area contributed by atoms with Crippen molar-refractivity contribution in [1.82, 2.24) is 35.0 Å². The number of hydrogen-bond acceptors (Lipinski definition) is 9. The number of anilines is 2. The molecule has 10 rings (SSSR count). The number of amides is 2. The third-order valence-electron chi connectivity index (χ3n) is 11.7. The van der Waals surface area contributed by atoms with Gasteiger partial charge in [0.1, 0.15) is 29.7 Å². The molecule has 63 heavy (non-hydrogen) atoms. The number of para-hydroxylation sites is 2. The molecule has 12 nitrogen and oxygen atoms in total. The largest absolute Gasteiger partial charge is 0.435 e. The highest BCUT2D eigenvalue weighted by Gasteiger charge is 2.68. The van der Waals surface area contributed by atoms with E-state index >= 15 is 8.78 Å². The minimum absolute atomic E-state index is 0.00910. The number of halogens is 8. The van der Waals surface area contributed by atoms with Crippen molar-refractivity contribution in [2.24, 2.45) is 11.7 Å². The number of benzene rings is 3. The highest BCUT2D eigenvalue weighted by Crippen LogP contribution is 2.68. The normalized spacial score (nSPS) is 18.5. The fourth-order valence-corrected chi connectivity index (χ4v) is 9.73. The van der Waals surface area contributed by atoms with Gasteiger partial charge in [-0.05, 0) is 72.4 Å². The molecule has 7 aromatic rings. The van der Waals surface area contributed by atoms with E-state index in [1.54, 1.807) is 6.07 Å². The van der Waals surface area contributed by atoms with Gasteiger partial charge in [0, 0.05) is 49.3 Å². The Hall–Kier alpha value is -6.64. The molecule has 4 aromatic heterocycles. The number of alkyl halides is 5. The quantitative estimate of drug-likeness (QED) is 0.119. The van der Waals surface area contributed by atoms with Crippen molar-refractivity contribution in [2.75, 3.05) is 36.0 Å². The molecular formula is C42H32F8N10O2S. The van der Waals surface area contributed by atoms with Crippen molar-refractivity contribution in [1.29, 1.82) is 0 Å². The summed E-state index contributed by atoms with van der Waals surface area (Å²) in [5, 5.41) is 6.66. The molecule has 0 spiro atoms. The third-order valence-corrected chi connectivity index (χ3v) is 12.7. The van der Waals surface area contributed by atoms with E-state index < -0.39 is 88.3 Å². The Kier molecular flexibility index (Phi) is 9.46. The number of rotatable bonds is 10.